The van der Waals surface area contributed by atoms with Crippen molar-refractivity contribution in [1.82, 2.24) is 9.78 Å². The first-order valence-corrected chi connectivity index (χ1v) is 3.83. The molecule has 2 nitrogen and oxygen atoms in total. The number of hydrogen-bond acceptors (Lipinski definition) is 1. The van der Waals surface area contributed by atoms with Crippen molar-refractivity contribution in [3.8, 4) is 0 Å². The van der Waals surface area contributed by atoms with E-state index >= 15 is 0 Å². The fourth-order valence-electron chi connectivity index (χ4n) is 0.854. The average Bonchev–Trinajstić information content (AvgIpc) is 2.14. The van der Waals surface area contributed by atoms with Crippen molar-refractivity contribution in [1.29, 1.82) is 0 Å². The molecule has 10 heavy (non-hydrogen) atoms. The molecule has 0 radical (unpaired) electrons. The fourth-order valence-corrected chi connectivity index (χ4v) is 1.05. The molecule has 0 unspecified atom stereocenters. The molecule has 0 fully saturated rings. The standard InChI is InChI=1S/C7H11ClN2/c1-6-5-7(3-4-8)9-10(6)2/h5H,3-4H2,1-2H3. The Morgan fingerprint density at radius 1 is 1.70 bits per heavy atom. The van der Waals surface area contributed by atoms with Crippen molar-refractivity contribution in [2.75, 3.05) is 5.88 Å². The second-order valence-corrected chi connectivity index (χ2v) is 2.72. The first-order chi connectivity index (χ1) is 4.74. The molecule has 0 aliphatic carbocycles. The Hall–Kier alpha value is -0.500. The summed E-state index contributed by atoms with van der Waals surface area (Å²) < 4.78 is 1.86. The minimum Gasteiger partial charge on any atom is -0.273 e. The highest BCUT2D eigenvalue weighted by molar-refractivity contribution is 6.17. The first-order valence-electron chi connectivity index (χ1n) is 3.29. The lowest BCUT2D eigenvalue weighted by Gasteiger charge is -1.89. The van der Waals surface area contributed by atoms with Gasteiger partial charge in [0.2, 0.25) is 0 Å². The van der Waals surface area contributed by atoms with Crippen LogP contribution in [0.5, 0.6) is 0 Å². The zero-order valence-electron chi connectivity index (χ0n) is 6.26. The third kappa shape index (κ3) is 1.51. The molecule has 0 spiro atoms. The summed E-state index contributed by atoms with van der Waals surface area (Å²) in [6.45, 7) is 2.03. The van der Waals surface area contributed by atoms with E-state index < -0.39 is 0 Å². The van der Waals surface area contributed by atoms with E-state index in [9.17, 15) is 0 Å². The quantitative estimate of drug-likeness (QED) is 0.597. The van der Waals surface area contributed by atoms with Gasteiger partial charge >= 0.3 is 0 Å². The molecular weight excluding hydrogens is 148 g/mol. The van der Waals surface area contributed by atoms with Crippen LogP contribution in [0.2, 0.25) is 0 Å². The maximum Gasteiger partial charge on any atom is 0.0639 e. The third-order valence-electron chi connectivity index (χ3n) is 1.52. The number of rotatable bonds is 2. The van der Waals surface area contributed by atoms with E-state index in [1.807, 2.05) is 18.7 Å². The Bertz CT molecular complexity index is 198. The van der Waals surface area contributed by atoms with Crippen LogP contribution in [0.3, 0.4) is 0 Å². The van der Waals surface area contributed by atoms with Crippen LogP contribution in [0, 0.1) is 6.92 Å². The van der Waals surface area contributed by atoms with Gasteiger partial charge in [0.15, 0.2) is 0 Å². The molecule has 1 heterocycles. The highest BCUT2D eigenvalue weighted by atomic mass is 35.5. The van der Waals surface area contributed by atoms with Crippen molar-refractivity contribution in [3.63, 3.8) is 0 Å². The Kier molecular flexibility index (Phi) is 2.33. The summed E-state index contributed by atoms with van der Waals surface area (Å²) >= 11 is 5.55. The van der Waals surface area contributed by atoms with Crippen molar-refractivity contribution in [2.45, 2.75) is 13.3 Å². The van der Waals surface area contributed by atoms with Crippen LogP contribution in [0.25, 0.3) is 0 Å². The van der Waals surface area contributed by atoms with Gasteiger partial charge in [0.05, 0.1) is 5.69 Å². The maximum atomic E-state index is 5.55. The van der Waals surface area contributed by atoms with Crippen LogP contribution in [-0.2, 0) is 13.5 Å². The van der Waals surface area contributed by atoms with Crippen LogP contribution >= 0.6 is 11.6 Å². The summed E-state index contributed by atoms with van der Waals surface area (Å²) in [7, 11) is 1.94. The summed E-state index contributed by atoms with van der Waals surface area (Å²) in [5.74, 6) is 0.649. The highest BCUT2D eigenvalue weighted by Gasteiger charge is 1.98. The highest BCUT2D eigenvalue weighted by Crippen LogP contribution is 2.02. The maximum absolute atomic E-state index is 5.55. The van der Waals surface area contributed by atoms with Gasteiger partial charge in [-0.3, -0.25) is 4.68 Å². The van der Waals surface area contributed by atoms with Crippen LogP contribution in [0.15, 0.2) is 6.07 Å². The van der Waals surface area contributed by atoms with Crippen molar-refractivity contribution < 1.29 is 0 Å². The molecule has 0 aromatic carbocycles. The molecule has 3 heteroatoms. The number of halogens is 1. The number of nitrogens with zero attached hydrogens (tertiary/aromatic N) is 2. The summed E-state index contributed by atoms with van der Waals surface area (Å²) in [6, 6.07) is 2.06. The summed E-state index contributed by atoms with van der Waals surface area (Å²) in [6.07, 6.45) is 0.864. The molecule has 0 aliphatic rings. The van der Waals surface area contributed by atoms with Gasteiger partial charge in [-0.05, 0) is 13.0 Å². The fraction of sp³-hybridized carbons (Fsp3) is 0.571. The van der Waals surface area contributed by atoms with Gasteiger partial charge in [-0.15, -0.1) is 11.6 Å². The number of aryl methyl sites for hydroxylation is 3. The largest absolute Gasteiger partial charge is 0.273 e. The number of aromatic nitrogens is 2. The second kappa shape index (κ2) is 3.06. The van der Waals surface area contributed by atoms with Crippen LogP contribution in [-0.4, -0.2) is 15.7 Å². The Morgan fingerprint density at radius 2 is 2.40 bits per heavy atom. The molecule has 0 aliphatic heterocycles. The predicted molar refractivity (Wildman–Crippen MR) is 42.4 cm³/mol. The van der Waals surface area contributed by atoms with Gasteiger partial charge in [0, 0.05) is 25.0 Å². The van der Waals surface area contributed by atoms with E-state index in [2.05, 4.69) is 11.2 Å². The Balaban J connectivity index is 2.77. The lowest BCUT2D eigenvalue weighted by molar-refractivity contribution is 0.723. The van der Waals surface area contributed by atoms with Gasteiger partial charge in [0.1, 0.15) is 0 Å². The van der Waals surface area contributed by atoms with Gasteiger partial charge < -0.3 is 0 Å². The van der Waals surface area contributed by atoms with E-state index in [1.165, 1.54) is 5.69 Å². The van der Waals surface area contributed by atoms with Crippen molar-refractivity contribution in [2.24, 2.45) is 7.05 Å². The molecule has 1 aromatic heterocycles. The van der Waals surface area contributed by atoms with E-state index in [-0.39, 0.29) is 0 Å². The van der Waals surface area contributed by atoms with E-state index in [0.29, 0.717) is 5.88 Å². The topological polar surface area (TPSA) is 17.8 Å². The van der Waals surface area contributed by atoms with Crippen LogP contribution in [0.1, 0.15) is 11.4 Å². The minimum atomic E-state index is 0.649. The molecular formula is C7H11ClN2. The average molecular weight is 159 g/mol. The molecule has 1 aromatic rings. The van der Waals surface area contributed by atoms with Gasteiger partial charge in [-0.25, -0.2) is 0 Å². The molecule has 0 saturated heterocycles. The van der Waals surface area contributed by atoms with Crippen LogP contribution < -0.4 is 0 Å². The van der Waals surface area contributed by atoms with Gasteiger partial charge in [0.25, 0.3) is 0 Å². The monoisotopic (exact) mass is 158 g/mol. The Labute approximate surface area is 65.8 Å². The van der Waals surface area contributed by atoms with Gasteiger partial charge in [-0.2, -0.15) is 5.10 Å². The summed E-state index contributed by atoms with van der Waals surface area (Å²) in [5.41, 5.74) is 2.26. The van der Waals surface area contributed by atoms with Crippen molar-refractivity contribution in [3.05, 3.63) is 17.5 Å². The zero-order chi connectivity index (χ0) is 7.56. The zero-order valence-corrected chi connectivity index (χ0v) is 7.02. The minimum absolute atomic E-state index is 0.649. The molecule has 0 amide bonds. The summed E-state index contributed by atoms with van der Waals surface area (Å²) in [4.78, 5) is 0. The molecule has 0 atom stereocenters. The molecule has 56 valence electrons. The number of hydrogen-bond donors (Lipinski definition) is 0. The van der Waals surface area contributed by atoms with E-state index in [4.69, 9.17) is 11.6 Å². The molecule has 0 bridgehead atoms. The van der Waals surface area contributed by atoms with Crippen molar-refractivity contribution >= 4 is 11.6 Å². The second-order valence-electron chi connectivity index (χ2n) is 2.34. The molecule has 0 N–H and O–H groups in total. The normalized spacial score (nSPS) is 10.3. The first kappa shape index (κ1) is 7.61. The molecule has 0 saturated carbocycles. The smallest absolute Gasteiger partial charge is 0.0639 e. The predicted octanol–water partition coefficient (Wildman–Crippen LogP) is 1.51. The lowest BCUT2D eigenvalue weighted by atomic mass is 10.3. The van der Waals surface area contributed by atoms with Crippen LogP contribution in [0.4, 0.5) is 0 Å². The molecule has 1 rings (SSSR count). The van der Waals surface area contributed by atoms with E-state index in [0.717, 1.165) is 12.1 Å². The lowest BCUT2D eigenvalue weighted by Crippen LogP contribution is -1.94. The Morgan fingerprint density at radius 3 is 2.80 bits per heavy atom. The van der Waals surface area contributed by atoms with Gasteiger partial charge in [-0.1, -0.05) is 0 Å². The SMILES string of the molecule is Cc1cc(CCCl)nn1C. The third-order valence-corrected chi connectivity index (χ3v) is 1.70. The number of alkyl halides is 1. The van der Waals surface area contributed by atoms with E-state index in [1.54, 1.807) is 0 Å². The summed E-state index contributed by atoms with van der Waals surface area (Å²) in [5, 5.41) is 4.23.